The summed E-state index contributed by atoms with van der Waals surface area (Å²) in [4.78, 5) is 2.30. The van der Waals surface area contributed by atoms with Gasteiger partial charge in [-0.25, -0.2) is 0 Å². The molecule has 3 heteroatoms. The van der Waals surface area contributed by atoms with Crippen molar-refractivity contribution < 1.29 is 9.84 Å². The Morgan fingerprint density at radius 1 is 1.33 bits per heavy atom. The lowest BCUT2D eigenvalue weighted by Crippen LogP contribution is -2.39. The minimum absolute atomic E-state index is 0.102. The molecule has 3 atom stereocenters. The van der Waals surface area contributed by atoms with Crippen molar-refractivity contribution >= 4 is 0 Å². The minimum atomic E-state index is -0.102. The summed E-state index contributed by atoms with van der Waals surface area (Å²) in [6, 6.07) is 0. The van der Waals surface area contributed by atoms with E-state index in [0.717, 1.165) is 44.6 Å². The lowest BCUT2D eigenvalue weighted by molar-refractivity contribution is 0.0178. The highest BCUT2D eigenvalue weighted by Crippen LogP contribution is 2.34. The number of nitrogens with zero attached hydrogens (tertiary/aromatic N) is 1. The Morgan fingerprint density at radius 2 is 2.06 bits per heavy atom. The molecule has 1 N–H and O–H groups in total. The topological polar surface area (TPSA) is 32.7 Å². The van der Waals surface area contributed by atoms with Crippen LogP contribution in [0.2, 0.25) is 0 Å². The second kappa shape index (κ2) is 8.13. The molecule has 1 rings (SSSR count). The first kappa shape index (κ1) is 15.9. The number of hydrogen-bond donors (Lipinski definition) is 1. The number of aliphatic hydroxyl groups is 1. The molecular formula is C15H31NO2. The summed E-state index contributed by atoms with van der Waals surface area (Å²) in [6.45, 7) is 10.2. The summed E-state index contributed by atoms with van der Waals surface area (Å²) in [5, 5.41) is 10.1. The number of hydrogen-bond acceptors (Lipinski definition) is 3. The van der Waals surface area contributed by atoms with Crippen LogP contribution in [-0.2, 0) is 4.74 Å². The van der Waals surface area contributed by atoms with Gasteiger partial charge in [0.25, 0.3) is 0 Å². The first-order chi connectivity index (χ1) is 8.54. The van der Waals surface area contributed by atoms with Crippen molar-refractivity contribution in [1.29, 1.82) is 0 Å². The van der Waals surface area contributed by atoms with E-state index in [4.69, 9.17) is 4.74 Å². The van der Waals surface area contributed by atoms with E-state index in [9.17, 15) is 5.11 Å². The van der Waals surface area contributed by atoms with Crippen LogP contribution in [0.4, 0.5) is 0 Å². The van der Waals surface area contributed by atoms with Crippen LogP contribution in [0.15, 0.2) is 0 Å². The third-order valence-electron chi connectivity index (χ3n) is 4.29. The van der Waals surface area contributed by atoms with Gasteiger partial charge in [0, 0.05) is 19.7 Å². The molecule has 0 saturated heterocycles. The molecule has 0 spiro atoms. The van der Waals surface area contributed by atoms with Gasteiger partial charge in [0.05, 0.1) is 12.7 Å². The lowest BCUT2D eigenvalue weighted by Gasteiger charge is -2.37. The zero-order valence-electron chi connectivity index (χ0n) is 12.6. The van der Waals surface area contributed by atoms with Crippen molar-refractivity contribution in [2.45, 2.75) is 46.1 Å². The van der Waals surface area contributed by atoms with E-state index >= 15 is 0 Å². The van der Waals surface area contributed by atoms with Crippen LogP contribution in [0, 0.1) is 17.8 Å². The summed E-state index contributed by atoms with van der Waals surface area (Å²) in [6.07, 6.45) is 3.25. The van der Waals surface area contributed by atoms with Gasteiger partial charge < -0.3 is 14.7 Å². The van der Waals surface area contributed by atoms with E-state index in [1.807, 2.05) is 6.92 Å². The molecule has 0 amide bonds. The molecule has 18 heavy (non-hydrogen) atoms. The Kier molecular flexibility index (Phi) is 7.20. The molecule has 3 nitrogen and oxygen atoms in total. The molecule has 0 radical (unpaired) electrons. The zero-order chi connectivity index (χ0) is 13.5. The van der Waals surface area contributed by atoms with Gasteiger partial charge in [-0.05, 0) is 51.0 Å². The zero-order valence-corrected chi connectivity index (χ0v) is 12.6. The van der Waals surface area contributed by atoms with Gasteiger partial charge in [-0.15, -0.1) is 0 Å². The average molecular weight is 257 g/mol. The van der Waals surface area contributed by atoms with Crippen LogP contribution in [0.3, 0.4) is 0 Å². The Morgan fingerprint density at radius 3 is 2.67 bits per heavy atom. The van der Waals surface area contributed by atoms with E-state index < -0.39 is 0 Å². The van der Waals surface area contributed by atoms with Crippen LogP contribution >= 0.6 is 0 Å². The molecule has 0 aliphatic heterocycles. The second-order valence-electron chi connectivity index (χ2n) is 6.10. The largest absolute Gasteiger partial charge is 0.393 e. The SMILES string of the molecule is CCOCCN(C)CC1CC(C(C)C)CCC1O. The van der Waals surface area contributed by atoms with Gasteiger partial charge in [0.2, 0.25) is 0 Å². The fourth-order valence-corrected chi connectivity index (χ4v) is 2.94. The van der Waals surface area contributed by atoms with Gasteiger partial charge in [-0.1, -0.05) is 13.8 Å². The maximum Gasteiger partial charge on any atom is 0.0593 e. The Labute approximate surface area is 113 Å². The van der Waals surface area contributed by atoms with Crippen LogP contribution < -0.4 is 0 Å². The van der Waals surface area contributed by atoms with E-state index in [2.05, 4.69) is 25.8 Å². The summed E-state index contributed by atoms with van der Waals surface area (Å²) < 4.78 is 5.38. The number of aliphatic hydroxyl groups excluding tert-OH is 1. The molecule has 0 bridgehead atoms. The highest BCUT2D eigenvalue weighted by atomic mass is 16.5. The molecule has 108 valence electrons. The van der Waals surface area contributed by atoms with E-state index in [0.29, 0.717) is 5.92 Å². The average Bonchev–Trinajstić information content (AvgIpc) is 2.32. The monoisotopic (exact) mass is 257 g/mol. The van der Waals surface area contributed by atoms with E-state index in [1.165, 1.54) is 12.8 Å². The predicted octanol–water partition coefficient (Wildman–Crippen LogP) is 2.39. The Balaban J connectivity index is 2.33. The fourth-order valence-electron chi connectivity index (χ4n) is 2.94. The first-order valence-electron chi connectivity index (χ1n) is 7.48. The minimum Gasteiger partial charge on any atom is -0.393 e. The first-order valence-corrected chi connectivity index (χ1v) is 7.48. The molecule has 0 aromatic rings. The third kappa shape index (κ3) is 5.25. The van der Waals surface area contributed by atoms with Gasteiger partial charge in [-0.3, -0.25) is 0 Å². The predicted molar refractivity (Wildman–Crippen MR) is 75.7 cm³/mol. The van der Waals surface area contributed by atoms with Crippen molar-refractivity contribution in [2.75, 3.05) is 33.4 Å². The normalized spacial score (nSPS) is 29.2. The summed E-state index contributed by atoms with van der Waals surface area (Å²) in [5.41, 5.74) is 0. The van der Waals surface area contributed by atoms with Crippen LogP contribution in [0.1, 0.15) is 40.0 Å². The molecule has 3 unspecified atom stereocenters. The van der Waals surface area contributed by atoms with Crippen molar-refractivity contribution in [1.82, 2.24) is 4.90 Å². The molecule has 1 aliphatic rings. The molecule has 0 aromatic carbocycles. The quantitative estimate of drug-likeness (QED) is 0.711. The van der Waals surface area contributed by atoms with E-state index in [-0.39, 0.29) is 6.10 Å². The van der Waals surface area contributed by atoms with Gasteiger partial charge in [0.1, 0.15) is 0 Å². The second-order valence-corrected chi connectivity index (χ2v) is 6.10. The van der Waals surface area contributed by atoms with Gasteiger partial charge in [0.15, 0.2) is 0 Å². The van der Waals surface area contributed by atoms with Crippen molar-refractivity contribution in [3.05, 3.63) is 0 Å². The molecule has 0 aromatic heterocycles. The van der Waals surface area contributed by atoms with Crippen LogP contribution in [0.5, 0.6) is 0 Å². The summed E-state index contributed by atoms with van der Waals surface area (Å²) in [5.74, 6) is 1.98. The lowest BCUT2D eigenvalue weighted by atomic mass is 9.74. The van der Waals surface area contributed by atoms with Crippen molar-refractivity contribution in [3.63, 3.8) is 0 Å². The van der Waals surface area contributed by atoms with Crippen molar-refractivity contribution in [2.24, 2.45) is 17.8 Å². The molecular weight excluding hydrogens is 226 g/mol. The molecule has 1 fully saturated rings. The van der Waals surface area contributed by atoms with E-state index in [1.54, 1.807) is 0 Å². The summed E-state index contributed by atoms with van der Waals surface area (Å²) in [7, 11) is 2.13. The van der Waals surface area contributed by atoms with Gasteiger partial charge >= 0.3 is 0 Å². The smallest absolute Gasteiger partial charge is 0.0593 e. The highest BCUT2D eigenvalue weighted by Gasteiger charge is 2.31. The maximum absolute atomic E-state index is 10.1. The highest BCUT2D eigenvalue weighted by molar-refractivity contribution is 4.82. The maximum atomic E-state index is 10.1. The van der Waals surface area contributed by atoms with Crippen LogP contribution in [0.25, 0.3) is 0 Å². The fraction of sp³-hybridized carbons (Fsp3) is 1.00. The Hall–Kier alpha value is -0.120. The molecule has 1 saturated carbocycles. The number of likely N-dealkylation sites (N-methyl/N-ethyl adjacent to an activating group) is 1. The van der Waals surface area contributed by atoms with Crippen molar-refractivity contribution in [3.8, 4) is 0 Å². The Bertz CT molecular complexity index is 221. The standard InChI is InChI=1S/C15H31NO2/c1-5-18-9-8-16(4)11-14-10-13(12(2)3)6-7-15(14)17/h12-15,17H,5-11H2,1-4H3. The third-order valence-corrected chi connectivity index (χ3v) is 4.29. The van der Waals surface area contributed by atoms with Gasteiger partial charge in [-0.2, -0.15) is 0 Å². The number of ether oxygens (including phenoxy) is 1. The molecule has 0 heterocycles. The summed E-state index contributed by atoms with van der Waals surface area (Å²) >= 11 is 0. The number of rotatable bonds is 7. The molecule has 1 aliphatic carbocycles. The van der Waals surface area contributed by atoms with Crippen LogP contribution in [-0.4, -0.2) is 49.5 Å².